The molecule has 0 spiro atoms. The van der Waals surface area contributed by atoms with Gasteiger partial charge in [0.1, 0.15) is 6.21 Å². The number of halogens is 3. The summed E-state index contributed by atoms with van der Waals surface area (Å²) in [6.45, 7) is 3.67. The van der Waals surface area contributed by atoms with Crippen molar-refractivity contribution in [2.24, 2.45) is 4.99 Å². The van der Waals surface area contributed by atoms with Crippen molar-refractivity contribution in [2.45, 2.75) is 26.1 Å². The van der Waals surface area contributed by atoms with Gasteiger partial charge in [0.2, 0.25) is 0 Å². The van der Waals surface area contributed by atoms with E-state index in [1.165, 1.54) is 6.07 Å². The molecule has 0 saturated carbocycles. The van der Waals surface area contributed by atoms with Gasteiger partial charge < -0.3 is 15.1 Å². The third-order valence-corrected chi connectivity index (χ3v) is 2.58. The van der Waals surface area contributed by atoms with Gasteiger partial charge >= 0.3 is 6.18 Å². The van der Waals surface area contributed by atoms with Crippen molar-refractivity contribution >= 4 is 17.6 Å². The summed E-state index contributed by atoms with van der Waals surface area (Å²) in [6, 6.07) is 2.16. The van der Waals surface area contributed by atoms with Gasteiger partial charge in [-0.05, 0) is 13.8 Å². The molecule has 0 aromatic heterocycles. The van der Waals surface area contributed by atoms with E-state index < -0.39 is 17.7 Å². The second-order valence-electron chi connectivity index (χ2n) is 4.33. The summed E-state index contributed by atoms with van der Waals surface area (Å²) in [5, 5.41) is 18.8. The van der Waals surface area contributed by atoms with Crippen LogP contribution in [-0.4, -0.2) is 35.7 Å². The lowest BCUT2D eigenvalue weighted by Gasteiger charge is -2.25. The second kappa shape index (κ2) is 5.38. The quantitative estimate of drug-likeness (QED) is 0.658. The number of rotatable bonds is 3. The molecule has 0 heterocycles. The molecule has 0 amide bonds. The fraction of sp³-hybridized carbons (Fsp3) is 0.417. The zero-order chi connectivity index (χ0) is 14.8. The predicted octanol–water partition coefficient (Wildman–Crippen LogP) is 3.21. The van der Waals surface area contributed by atoms with E-state index in [1.807, 2.05) is 13.8 Å². The molecular formula is C12H15F3N2O2. The van der Waals surface area contributed by atoms with Crippen LogP contribution in [0.1, 0.15) is 13.8 Å². The van der Waals surface area contributed by atoms with Gasteiger partial charge in [0, 0.05) is 25.2 Å². The molecule has 0 aliphatic rings. The third kappa shape index (κ3) is 4.04. The molecule has 7 heteroatoms. The molecular weight excluding hydrogens is 261 g/mol. The van der Waals surface area contributed by atoms with E-state index in [1.54, 1.807) is 11.9 Å². The van der Waals surface area contributed by atoms with Gasteiger partial charge in [-0.15, -0.1) is 0 Å². The van der Waals surface area contributed by atoms with E-state index in [9.17, 15) is 23.4 Å². The standard InChI is InChI=1S/C12H15F3N2O2/c1-7(2)17(3)9-5-11(19)10(18)4-8(9)16-6-12(13,14)15/h4-7,18-19H,1-3H3. The maximum absolute atomic E-state index is 12.1. The van der Waals surface area contributed by atoms with Crippen molar-refractivity contribution in [1.29, 1.82) is 0 Å². The number of nitrogens with zero attached hydrogens (tertiary/aromatic N) is 2. The summed E-state index contributed by atoms with van der Waals surface area (Å²) in [7, 11) is 1.66. The highest BCUT2D eigenvalue weighted by molar-refractivity contribution is 5.78. The first kappa shape index (κ1) is 15.1. The smallest absolute Gasteiger partial charge is 0.426 e. The summed E-state index contributed by atoms with van der Waals surface area (Å²) < 4.78 is 36.4. The van der Waals surface area contributed by atoms with Gasteiger partial charge in [-0.25, -0.2) is 4.99 Å². The average Bonchev–Trinajstić information content (AvgIpc) is 2.28. The molecule has 1 aromatic carbocycles. The first-order valence-electron chi connectivity index (χ1n) is 5.52. The highest BCUT2D eigenvalue weighted by atomic mass is 19.4. The third-order valence-electron chi connectivity index (χ3n) is 2.58. The van der Waals surface area contributed by atoms with Crippen molar-refractivity contribution in [2.75, 3.05) is 11.9 Å². The Kier molecular flexibility index (Phi) is 4.28. The maximum Gasteiger partial charge on any atom is 0.426 e. The highest BCUT2D eigenvalue weighted by Gasteiger charge is 2.24. The summed E-state index contributed by atoms with van der Waals surface area (Å²) in [6.07, 6.45) is -4.70. The van der Waals surface area contributed by atoms with Crippen molar-refractivity contribution < 1.29 is 23.4 Å². The number of anilines is 1. The van der Waals surface area contributed by atoms with Crippen LogP contribution in [0.5, 0.6) is 11.5 Å². The van der Waals surface area contributed by atoms with Gasteiger partial charge in [0.25, 0.3) is 0 Å². The van der Waals surface area contributed by atoms with E-state index in [0.717, 1.165) is 6.07 Å². The molecule has 0 aliphatic carbocycles. The molecule has 19 heavy (non-hydrogen) atoms. The fourth-order valence-electron chi connectivity index (χ4n) is 1.36. The van der Waals surface area contributed by atoms with Crippen LogP contribution in [0.3, 0.4) is 0 Å². The summed E-state index contributed by atoms with van der Waals surface area (Å²) in [4.78, 5) is 4.96. The Labute approximate surface area is 108 Å². The first-order chi connectivity index (χ1) is 8.61. The Morgan fingerprint density at radius 3 is 2.21 bits per heavy atom. The Morgan fingerprint density at radius 2 is 1.74 bits per heavy atom. The molecule has 1 rings (SSSR count). The zero-order valence-corrected chi connectivity index (χ0v) is 10.7. The number of aliphatic imine (C=N–C) groups is 1. The molecule has 0 aliphatic heterocycles. The number of hydrogen-bond acceptors (Lipinski definition) is 4. The molecule has 0 unspecified atom stereocenters. The minimum atomic E-state index is -4.54. The Hall–Kier alpha value is -1.92. The molecule has 106 valence electrons. The van der Waals surface area contributed by atoms with Crippen LogP contribution in [0.25, 0.3) is 0 Å². The zero-order valence-electron chi connectivity index (χ0n) is 10.7. The summed E-state index contributed by atoms with van der Waals surface area (Å²) in [5.74, 6) is -0.927. The van der Waals surface area contributed by atoms with Crippen LogP contribution in [0.2, 0.25) is 0 Å². The number of phenols is 2. The lowest BCUT2D eigenvalue weighted by molar-refractivity contribution is -0.0535. The fourth-order valence-corrected chi connectivity index (χ4v) is 1.36. The van der Waals surface area contributed by atoms with Crippen molar-refractivity contribution in [3.63, 3.8) is 0 Å². The van der Waals surface area contributed by atoms with E-state index in [-0.39, 0.29) is 17.9 Å². The number of aromatic hydroxyl groups is 2. The number of phenolic OH excluding ortho intramolecular Hbond substituents is 2. The molecule has 2 N–H and O–H groups in total. The minimum absolute atomic E-state index is 0.0104. The number of alkyl halides is 3. The monoisotopic (exact) mass is 276 g/mol. The van der Waals surface area contributed by atoms with E-state index >= 15 is 0 Å². The molecule has 0 atom stereocenters. The van der Waals surface area contributed by atoms with Gasteiger partial charge in [-0.2, -0.15) is 13.2 Å². The van der Waals surface area contributed by atoms with E-state index in [4.69, 9.17) is 0 Å². The minimum Gasteiger partial charge on any atom is -0.504 e. The maximum atomic E-state index is 12.1. The molecule has 4 nitrogen and oxygen atoms in total. The number of hydrogen-bond donors (Lipinski definition) is 2. The van der Waals surface area contributed by atoms with Crippen LogP contribution < -0.4 is 4.90 Å². The number of benzene rings is 1. The lowest BCUT2D eigenvalue weighted by Crippen LogP contribution is -2.25. The first-order valence-corrected chi connectivity index (χ1v) is 5.52. The van der Waals surface area contributed by atoms with Gasteiger partial charge in [-0.3, -0.25) is 0 Å². The Balaban J connectivity index is 3.28. The molecule has 0 bridgehead atoms. The molecule has 1 aromatic rings. The molecule has 0 radical (unpaired) electrons. The average molecular weight is 276 g/mol. The van der Waals surface area contributed by atoms with Crippen LogP contribution in [0.15, 0.2) is 17.1 Å². The topological polar surface area (TPSA) is 56.1 Å². The SMILES string of the molecule is CC(C)N(C)c1cc(O)c(O)cc1N=CC(F)(F)F. The van der Waals surface area contributed by atoms with Crippen LogP contribution in [0.4, 0.5) is 24.5 Å². The van der Waals surface area contributed by atoms with Gasteiger partial charge in [0.05, 0.1) is 11.4 Å². The van der Waals surface area contributed by atoms with Crippen molar-refractivity contribution in [3.8, 4) is 11.5 Å². The van der Waals surface area contributed by atoms with E-state index in [0.29, 0.717) is 5.69 Å². The molecule has 0 fully saturated rings. The van der Waals surface area contributed by atoms with Gasteiger partial charge in [-0.1, -0.05) is 0 Å². The van der Waals surface area contributed by atoms with Crippen LogP contribution in [-0.2, 0) is 0 Å². The second-order valence-corrected chi connectivity index (χ2v) is 4.33. The van der Waals surface area contributed by atoms with E-state index in [2.05, 4.69) is 4.99 Å². The predicted molar refractivity (Wildman–Crippen MR) is 67.5 cm³/mol. The van der Waals surface area contributed by atoms with Crippen LogP contribution >= 0.6 is 0 Å². The Bertz CT molecular complexity index is 485. The largest absolute Gasteiger partial charge is 0.504 e. The van der Waals surface area contributed by atoms with Crippen molar-refractivity contribution in [3.05, 3.63) is 12.1 Å². The Morgan fingerprint density at radius 1 is 1.21 bits per heavy atom. The normalized spacial score (nSPS) is 12.4. The molecule has 0 saturated heterocycles. The van der Waals surface area contributed by atoms with Gasteiger partial charge in [0.15, 0.2) is 11.5 Å². The summed E-state index contributed by atoms with van der Waals surface area (Å²) >= 11 is 0. The van der Waals surface area contributed by atoms with Crippen molar-refractivity contribution in [1.82, 2.24) is 0 Å². The summed E-state index contributed by atoms with van der Waals surface area (Å²) in [5.41, 5.74) is 0.231. The highest BCUT2D eigenvalue weighted by Crippen LogP contribution is 2.39. The van der Waals surface area contributed by atoms with Crippen LogP contribution in [0, 0.1) is 0 Å². The lowest BCUT2D eigenvalue weighted by atomic mass is 10.2.